The Morgan fingerprint density at radius 2 is 2.17 bits per heavy atom. The van der Waals surface area contributed by atoms with Gasteiger partial charge in [-0.15, -0.1) is 0 Å². The second kappa shape index (κ2) is 3.80. The fourth-order valence-corrected chi connectivity index (χ4v) is 2.05. The van der Waals surface area contributed by atoms with Gasteiger partial charge in [-0.25, -0.2) is 0 Å². The zero-order chi connectivity index (χ0) is 12.7. The maximum atomic E-state index is 5.81. The summed E-state index contributed by atoms with van der Waals surface area (Å²) in [6.45, 7) is 0. The molecule has 0 aliphatic rings. The normalized spacial score (nSPS) is 11.0. The molecule has 3 aromatic rings. The highest BCUT2D eigenvalue weighted by Gasteiger charge is 2.11. The molecule has 0 saturated heterocycles. The van der Waals surface area contributed by atoms with Gasteiger partial charge < -0.3 is 15.5 Å². The summed E-state index contributed by atoms with van der Waals surface area (Å²) in [5.41, 5.74) is 8.74. The van der Waals surface area contributed by atoms with Gasteiger partial charge in [0.2, 0.25) is 0 Å². The summed E-state index contributed by atoms with van der Waals surface area (Å²) in [7, 11) is 3.49. The van der Waals surface area contributed by atoms with Crippen LogP contribution in [0.2, 0.25) is 0 Å². The summed E-state index contributed by atoms with van der Waals surface area (Å²) in [4.78, 5) is 3.22. The third-order valence-corrected chi connectivity index (χ3v) is 3.08. The van der Waals surface area contributed by atoms with Gasteiger partial charge in [-0.05, 0) is 18.2 Å². The molecular weight excluding hydrogens is 228 g/mol. The van der Waals surface area contributed by atoms with Crippen LogP contribution in [0.1, 0.15) is 0 Å². The van der Waals surface area contributed by atoms with Gasteiger partial charge >= 0.3 is 0 Å². The van der Waals surface area contributed by atoms with E-state index in [1.807, 2.05) is 37.5 Å². The highest BCUT2D eigenvalue weighted by atomic mass is 16.5. The number of H-pyrrole nitrogens is 1. The van der Waals surface area contributed by atoms with Crippen LogP contribution in [0.15, 0.2) is 30.5 Å². The first-order valence-electron chi connectivity index (χ1n) is 5.64. The lowest BCUT2D eigenvalue weighted by molar-refractivity contribution is 0.415. The molecule has 3 rings (SSSR count). The van der Waals surface area contributed by atoms with Crippen molar-refractivity contribution in [2.45, 2.75) is 0 Å². The first kappa shape index (κ1) is 10.7. The molecule has 18 heavy (non-hydrogen) atoms. The average molecular weight is 242 g/mol. The molecule has 0 saturated carbocycles. The predicted octanol–water partition coefficient (Wildman–Crippen LogP) is 2.16. The fourth-order valence-electron chi connectivity index (χ4n) is 2.05. The van der Waals surface area contributed by atoms with Crippen LogP contribution in [-0.2, 0) is 7.05 Å². The monoisotopic (exact) mass is 242 g/mol. The molecule has 0 fully saturated rings. The fraction of sp³-hybridized carbons (Fsp3) is 0.154. The molecule has 0 aliphatic carbocycles. The second-order valence-corrected chi connectivity index (χ2v) is 4.19. The third kappa shape index (κ3) is 1.52. The predicted molar refractivity (Wildman–Crippen MR) is 71.5 cm³/mol. The van der Waals surface area contributed by atoms with Crippen molar-refractivity contribution in [2.75, 3.05) is 12.8 Å². The standard InChI is InChI=1S/C13H14N4O/c1-17-13(14)6-12(16-17)10-7-15-11-4-3-8(18-2)5-9(10)11/h3-7,15H,14H2,1-2H3. The minimum absolute atomic E-state index is 0.641. The van der Waals surface area contributed by atoms with E-state index in [4.69, 9.17) is 10.5 Å². The van der Waals surface area contributed by atoms with Crippen molar-refractivity contribution in [2.24, 2.45) is 7.05 Å². The zero-order valence-electron chi connectivity index (χ0n) is 10.3. The van der Waals surface area contributed by atoms with Crippen molar-refractivity contribution in [1.82, 2.24) is 14.8 Å². The van der Waals surface area contributed by atoms with Crippen LogP contribution in [0.5, 0.6) is 5.75 Å². The Bertz CT molecular complexity index is 691. The number of aromatic nitrogens is 3. The van der Waals surface area contributed by atoms with E-state index < -0.39 is 0 Å². The molecule has 5 heteroatoms. The number of nitrogens with one attached hydrogen (secondary N) is 1. The zero-order valence-corrected chi connectivity index (χ0v) is 10.3. The van der Waals surface area contributed by atoms with Crippen molar-refractivity contribution in [3.8, 4) is 17.0 Å². The minimum atomic E-state index is 0.641. The lowest BCUT2D eigenvalue weighted by atomic mass is 10.1. The first-order valence-corrected chi connectivity index (χ1v) is 5.64. The number of nitrogen functional groups attached to an aromatic ring is 1. The number of rotatable bonds is 2. The van der Waals surface area contributed by atoms with E-state index in [1.165, 1.54) is 0 Å². The molecule has 0 bridgehead atoms. The molecule has 1 aromatic carbocycles. The molecule has 0 aliphatic heterocycles. The van der Waals surface area contributed by atoms with E-state index in [2.05, 4.69) is 10.1 Å². The number of fused-ring (bicyclic) bond motifs is 1. The number of ether oxygens (including phenoxy) is 1. The molecule has 2 heterocycles. The summed E-state index contributed by atoms with van der Waals surface area (Å²) in [5.74, 6) is 1.47. The summed E-state index contributed by atoms with van der Waals surface area (Å²) in [5, 5.41) is 5.47. The van der Waals surface area contributed by atoms with E-state index >= 15 is 0 Å². The number of nitrogens with zero attached hydrogens (tertiary/aromatic N) is 2. The molecule has 92 valence electrons. The van der Waals surface area contributed by atoms with Crippen LogP contribution < -0.4 is 10.5 Å². The number of nitrogens with two attached hydrogens (primary N) is 1. The maximum Gasteiger partial charge on any atom is 0.121 e. The molecule has 0 unspecified atom stereocenters. The lowest BCUT2D eigenvalue weighted by Gasteiger charge is -2.00. The molecule has 3 N–H and O–H groups in total. The van der Waals surface area contributed by atoms with Gasteiger partial charge in [0.15, 0.2) is 0 Å². The Balaban J connectivity index is 2.22. The molecule has 0 atom stereocenters. The number of methoxy groups -OCH3 is 1. The van der Waals surface area contributed by atoms with Crippen molar-refractivity contribution in [3.05, 3.63) is 30.5 Å². The maximum absolute atomic E-state index is 5.81. The Morgan fingerprint density at radius 3 is 2.83 bits per heavy atom. The van der Waals surface area contributed by atoms with Gasteiger partial charge in [0.25, 0.3) is 0 Å². The minimum Gasteiger partial charge on any atom is -0.497 e. The second-order valence-electron chi connectivity index (χ2n) is 4.19. The molecule has 2 aromatic heterocycles. The average Bonchev–Trinajstić information content (AvgIpc) is 2.93. The van der Waals surface area contributed by atoms with E-state index in [1.54, 1.807) is 11.8 Å². The summed E-state index contributed by atoms with van der Waals surface area (Å²) < 4.78 is 6.91. The Kier molecular flexibility index (Phi) is 2.26. The highest BCUT2D eigenvalue weighted by molar-refractivity contribution is 5.95. The number of hydrogen-bond donors (Lipinski definition) is 2. The Hall–Kier alpha value is -2.43. The summed E-state index contributed by atoms with van der Waals surface area (Å²) in [6.07, 6.45) is 1.94. The van der Waals surface area contributed by atoms with Crippen LogP contribution in [0.25, 0.3) is 22.2 Å². The topological polar surface area (TPSA) is 68.9 Å². The van der Waals surface area contributed by atoms with Gasteiger partial charge in [-0.2, -0.15) is 5.10 Å². The number of aromatic amines is 1. The molecule has 0 radical (unpaired) electrons. The van der Waals surface area contributed by atoms with Gasteiger partial charge in [0, 0.05) is 35.8 Å². The quantitative estimate of drug-likeness (QED) is 0.723. The van der Waals surface area contributed by atoms with Gasteiger partial charge in [0.1, 0.15) is 11.6 Å². The highest BCUT2D eigenvalue weighted by Crippen LogP contribution is 2.31. The van der Waals surface area contributed by atoms with Gasteiger partial charge in [-0.3, -0.25) is 4.68 Å². The van der Waals surface area contributed by atoms with Crippen molar-refractivity contribution in [3.63, 3.8) is 0 Å². The van der Waals surface area contributed by atoms with Crippen LogP contribution >= 0.6 is 0 Å². The largest absolute Gasteiger partial charge is 0.497 e. The van der Waals surface area contributed by atoms with Crippen LogP contribution in [0, 0.1) is 0 Å². The summed E-state index contributed by atoms with van der Waals surface area (Å²) >= 11 is 0. The number of aryl methyl sites for hydroxylation is 1. The number of hydrogen-bond acceptors (Lipinski definition) is 3. The van der Waals surface area contributed by atoms with Crippen LogP contribution in [0.4, 0.5) is 5.82 Å². The molecule has 0 spiro atoms. The van der Waals surface area contributed by atoms with Crippen molar-refractivity contribution in [1.29, 1.82) is 0 Å². The first-order chi connectivity index (χ1) is 8.69. The van der Waals surface area contributed by atoms with Crippen LogP contribution in [-0.4, -0.2) is 21.9 Å². The summed E-state index contributed by atoms with van der Waals surface area (Å²) in [6, 6.07) is 7.77. The SMILES string of the molecule is COc1ccc2[nH]cc(-c3cc(N)n(C)n3)c2c1. The molecule has 0 amide bonds. The van der Waals surface area contributed by atoms with E-state index in [9.17, 15) is 0 Å². The smallest absolute Gasteiger partial charge is 0.121 e. The molecule has 5 nitrogen and oxygen atoms in total. The van der Waals surface area contributed by atoms with Crippen LogP contribution in [0.3, 0.4) is 0 Å². The van der Waals surface area contributed by atoms with Gasteiger partial charge in [0.05, 0.1) is 12.8 Å². The molecular formula is C13H14N4O. The van der Waals surface area contributed by atoms with E-state index in [-0.39, 0.29) is 0 Å². The lowest BCUT2D eigenvalue weighted by Crippen LogP contribution is -1.96. The Labute approximate surface area is 104 Å². The van der Waals surface area contributed by atoms with E-state index in [0.29, 0.717) is 5.82 Å². The number of anilines is 1. The van der Waals surface area contributed by atoms with Crippen molar-refractivity contribution >= 4 is 16.7 Å². The van der Waals surface area contributed by atoms with Gasteiger partial charge in [-0.1, -0.05) is 0 Å². The number of benzene rings is 1. The Morgan fingerprint density at radius 1 is 1.33 bits per heavy atom. The van der Waals surface area contributed by atoms with Crippen molar-refractivity contribution < 1.29 is 4.74 Å². The third-order valence-electron chi connectivity index (χ3n) is 3.08. The van der Waals surface area contributed by atoms with E-state index in [0.717, 1.165) is 27.9 Å².